The number of aliphatic hydroxyl groups is 3. The van der Waals surface area contributed by atoms with E-state index in [2.05, 4.69) is 35.2 Å². The maximum absolute atomic E-state index is 12.9. The summed E-state index contributed by atoms with van der Waals surface area (Å²) < 4.78 is 6.07. The van der Waals surface area contributed by atoms with Gasteiger partial charge in [-0.15, -0.1) is 0 Å². The molecule has 5 N–H and O–H groups in total. The number of rotatable bonds is 4. The molecule has 8 heteroatoms. The number of H-pyrrole nitrogens is 1. The van der Waals surface area contributed by atoms with E-state index in [9.17, 15) is 20.1 Å². The summed E-state index contributed by atoms with van der Waals surface area (Å²) in [7, 11) is 0. The van der Waals surface area contributed by atoms with Crippen molar-refractivity contribution in [2.45, 2.75) is 95.7 Å². The molecule has 2 bridgehead atoms. The quantitative estimate of drug-likeness (QED) is 0.439. The third-order valence-electron chi connectivity index (χ3n) is 8.34. The van der Waals surface area contributed by atoms with E-state index < -0.39 is 29.0 Å². The minimum absolute atomic E-state index is 0.150. The molecule has 36 heavy (non-hydrogen) atoms. The molecule has 0 saturated carbocycles. The molecular weight excluding hydrogens is 458 g/mol. The Morgan fingerprint density at radius 1 is 1.14 bits per heavy atom. The lowest BCUT2D eigenvalue weighted by molar-refractivity contribution is -0.215. The Kier molecular flexibility index (Phi) is 5.76. The van der Waals surface area contributed by atoms with Gasteiger partial charge in [-0.2, -0.15) is 0 Å². The number of nitrogens with one attached hydrogen (secondary N) is 2. The van der Waals surface area contributed by atoms with Gasteiger partial charge in [0.2, 0.25) is 0 Å². The lowest BCUT2D eigenvalue weighted by Gasteiger charge is -2.46. The fourth-order valence-corrected chi connectivity index (χ4v) is 6.27. The average molecular weight is 496 g/mol. The Morgan fingerprint density at radius 3 is 2.36 bits per heavy atom. The van der Waals surface area contributed by atoms with Crippen LogP contribution in [0.3, 0.4) is 0 Å². The second kappa shape index (κ2) is 8.25. The van der Waals surface area contributed by atoms with Crippen LogP contribution in [0.5, 0.6) is 0 Å². The summed E-state index contributed by atoms with van der Waals surface area (Å²) in [6.07, 6.45) is 4.75. The number of nitrogens with zero attached hydrogens (tertiary/aromatic N) is 1. The van der Waals surface area contributed by atoms with Gasteiger partial charge in [-0.25, -0.2) is 4.98 Å². The molecule has 3 heterocycles. The Labute approximate surface area is 211 Å². The molecule has 1 aromatic heterocycles. The summed E-state index contributed by atoms with van der Waals surface area (Å²) >= 11 is 0. The highest BCUT2D eigenvalue weighted by molar-refractivity contribution is 6.03. The topological polar surface area (TPSA) is 128 Å². The summed E-state index contributed by atoms with van der Waals surface area (Å²) in [5.41, 5.74) is 0.876. The lowest BCUT2D eigenvalue weighted by Crippen LogP contribution is -2.51. The highest BCUT2D eigenvalue weighted by Crippen LogP contribution is 2.55. The van der Waals surface area contributed by atoms with E-state index in [1.165, 1.54) is 0 Å². The van der Waals surface area contributed by atoms with Gasteiger partial charge in [0.1, 0.15) is 12.2 Å². The highest BCUT2D eigenvalue weighted by atomic mass is 16.6. The second-order valence-corrected chi connectivity index (χ2v) is 12.2. The van der Waals surface area contributed by atoms with Crippen molar-refractivity contribution in [1.82, 2.24) is 9.97 Å². The molecule has 3 aliphatic rings. The first-order valence-corrected chi connectivity index (χ1v) is 12.7. The number of aromatic amines is 1. The van der Waals surface area contributed by atoms with E-state index in [-0.39, 0.29) is 30.0 Å². The van der Waals surface area contributed by atoms with Crippen molar-refractivity contribution in [3.8, 4) is 0 Å². The number of hydrogen-bond acceptors (Lipinski definition) is 6. The van der Waals surface area contributed by atoms with Crippen LogP contribution in [0.15, 0.2) is 30.5 Å². The summed E-state index contributed by atoms with van der Waals surface area (Å²) in [6, 6.07) is 5.59. The Morgan fingerprint density at radius 2 is 1.81 bits per heavy atom. The van der Waals surface area contributed by atoms with Gasteiger partial charge in [0, 0.05) is 36.0 Å². The smallest absolute Gasteiger partial charge is 0.291 e. The van der Waals surface area contributed by atoms with Crippen molar-refractivity contribution in [3.05, 3.63) is 53.1 Å². The first-order chi connectivity index (χ1) is 16.7. The van der Waals surface area contributed by atoms with Crippen LogP contribution in [0.1, 0.15) is 87.2 Å². The molecular formula is C28H37N3O5. The van der Waals surface area contributed by atoms with Crippen molar-refractivity contribution in [2.24, 2.45) is 5.41 Å². The van der Waals surface area contributed by atoms with E-state index in [1.54, 1.807) is 20.0 Å². The summed E-state index contributed by atoms with van der Waals surface area (Å²) in [5, 5.41) is 36.3. The minimum Gasteiger partial charge on any atom is -0.387 e. The molecule has 1 amide bonds. The SMILES string of the molecule is Cc1cnc(C(=O)Nc2ccc(C3(O)C[C@@]4(C)O[C@@](C)(C3)[C@H](O)[C@@H]4O)cc2C2=CCC(C)(C)CC2)[nH]1. The van der Waals surface area contributed by atoms with Crippen LogP contribution in [-0.2, 0) is 10.3 Å². The molecule has 5 rings (SSSR count). The van der Waals surface area contributed by atoms with Crippen LogP contribution in [-0.4, -0.2) is 54.6 Å². The van der Waals surface area contributed by atoms with Crippen LogP contribution >= 0.6 is 0 Å². The molecule has 2 aromatic rings. The number of carbonyl (C=O) groups is 1. The van der Waals surface area contributed by atoms with Crippen LogP contribution in [0.25, 0.3) is 5.57 Å². The maximum Gasteiger partial charge on any atom is 0.291 e. The van der Waals surface area contributed by atoms with E-state index in [1.807, 2.05) is 25.1 Å². The maximum atomic E-state index is 12.9. The number of aryl methyl sites for hydroxylation is 1. The van der Waals surface area contributed by atoms with Gasteiger partial charge in [0.15, 0.2) is 5.82 Å². The molecule has 1 unspecified atom stereocenters. The van der Waals surface area contributed by atoms with Crippen molar-refractivity contribution in [3.63, 3.8) is 0 Å². The van der Waals surface area contributed by atoms with Crippen molar-refractivity contribution in [1.29, 1.82) is 0 Å². The zero-order chi connectivity index (χ0) is 26.1. The van der Waals surface area contributed by atoms with E-state index in [0.29, 0.717) is 11.3 Å². The predicted octanol–water partition coefficient (Wildman–Crippen LogP) is 3.81. The Bertz CT molecular complexity index is 1210. The largest absolute Gasteiger partial charge is 0.387 e. The summed E-state index contributed by atoms with van der Waals surface area (Å²) in [4.78, 5) is 20.0. The fraction of sp³-hybridized carbons (Fsp3) is 0.571. The van der Waals surface area contributed by atoms with Gasteiger partial charge < -0.3 is 30.4 Å². The van der Waals surface area contributed by atoms with Gasteiger partial charge in [-0.05, 0) is 68.7 Å². The minimum atomic E-state index is -1.32. The number of benzene rings is 1. The average Bonchev–Trinajstić information content (AvgIpc) is 3.28. The molecule has 5 atom stereocenters. The third-order valence-corrected chi connectivity index (χ3v) is 8.34. The van der Waals surface area contributed by atoms with E-state index in [0.717, 1.165) is 36.1 Å². The fourth-order valence-electron chi connectivity index (χ4n) is 6.27. The van der Waals surface area contributed by atoms with Gasteiger partial charge in [-0.3, -0.25) is 4.79 Å². The Balaban J connectivity index is 1.54. The van der Waals surface area contributed by atoms with Crippen LogP contribution in [0, 0.1) is 12.3 Å². The zero-order valence-electron chi connectivity index (χ0n) is 21.7. The standard InChI is InChI=1S/C28H37N3O5/c1-16-13-29-23(30-16)24(34)31-20-7-6-18(12-19(20)17-8-10-25(2,3)11-9-17)28(35)14-26(4)21(32)22(33)27(5,15-28)36-26/h6-8,12-13,21-22,32-33,35H,9-11,14-15H2,1-5H3,(H,29,30)(H,31,34)/t21-,22+,26+,27-,28?. The first-order valence-electron chi connectivity index (χ1n) is 12.7. The molecule has 1 aliphatic carbocycles. The van der Waals surface area contributed by atoms with Crippen LogP contribution in [0.2, 0.25) is 0 Å². The van der Waals surface area contributed by atoms with Gasteiger partial charge >= 0.3 is 0 Å². The number of anilines is 1. The molecule has 0 radical (unpaired) electrons. The summed E-state index contributed by atoms with van der Waals surface area (Å²) in [6.45, 7) is 9.81. The molecule has 2 fully saturated rings. The zero-order valence-corrected chi connectivity index (χ0v) is 21.7. The van der Waals surface area contributed by atoms with Crippen molar-refractivity contribution < 1.29 is 24.9 Å². The van der Waals surface area contributed by atoms with Gasteiger partial charge in [0.05, 0.1) is 16.8 Å². The van der Waals surface area contributed by atoms with Crippen molar-refractivity contribution in [2.75, 3.05) is 5.32 Å². The first kappa shape index (κ1) is 25.1. The second-order valence-electron chi connectivity index (χ2n) is 12.2. The third kappa shape index (κ3) is 4.20. The number of ether oxygens (including phenoxy) is 1. The normalized spacial score (nSPS) is 35.4. The molecule has 1 aromatic carbocycles. The highest BCUT2D eigenvalue weighted by Gasteiger charge is 2.65. The number of fused-ring (bicyclic) bond motifs is 2. The van der Waals surface area contributed by atoms with Gasteiger partial charge in [0.25, 0.3) is 5.91 Å². The number of hydrogen-bond donors (Lipinski definition) is 5. The van der Waals surface area contributed by atoms with Crippen LogP contribution in [0.4, 0.5) is 5.69 Å². The molecule has 8 nitrogen and oxygen atoms in total. The van der Waals surface area contributed by atoms with E-state index in [4.69, 9.17) is 4.74 Å². The number of aliphatic hydroxyl groups excluding tert-OH is 2. The summed E-state index contributed by atoms with van der Waals surface area (Å²) in [5.74, 6) is -0.0901. The Hall–Kier alpha value is -2.52. The molecule has 2 aliphatic heterocycles. The molecule has 2 saturated heterocycles. The van der Waals surface area contributed by atoms with Crippen LogP contribution < -0.4 is 5.32 Å². The monoisotopic (exact) mass is 495 g/mol. The lowest BCUT2D eigenvalue weighted by atomic mass is 9.74. The predicted molar refractivity (Wildman–Crippen MR) is 136 cm³/mol. The molecule has 0 spiro atoms. The molecule has 194 valence electrons. The number of aromatic nitrogens is 2. The van der Waals surface area contributed by atoms with Gasteiger partial charge in [-0.1, -0.05) is 26.0 Å². The number of imidazole rings is 1. The number of allylic oxidation sites excluding steroid dienone is 2. The number of carbonyl (C=O) groups excluding carboxylic acids is 1. The van der Waals surface area contributed by atoms with E-state index >= 15 is 0 Å². The number of amides is 1. The van der Waals surface area contributed by atoms with Crippen molar-refractivity contribution >= 4 is 17.2 Å².